The summed E-state index contributed by atoms with van der Waals surface area (Å²) in [4.78, 5) is 11.4. The van der Waals surface area contributed by atoms with Gasteiger partial charge in [-0.15, -0.1) is 0 Å². The van der Waals surface area contributed by atoms with Crippen molar-refractivity contribution >= 4 is 11.0 Å². The highest BCUT2D eigenvalue weighted by Gasteiger charge is 2.35. The second-order valence-corrected chi connectivity index (χ2v) is 3.68. The van der Waals surface area contributed by atoms with Gasteiger partial charge in [0.25, 0.3) is 0 Å². The second-order valence-electron chi connectivity index (χ2n) is 3.68. The number of phenols is 1. The van der Waals surface area contributed by atoms with Crippen LogP contribution in [0.25, 0.3) is 11.0 Å². The molecule has 0 unspecified atom stereocenters. The Morgan fingerprint density at radius 2 is 1.89 bits per heavy atom. The number of fused-ring (bicyclic) bond motifs is 1. The number of hydrogen-bond donors (Lipinski definition) is 1. The number of phenolic OH excluding ortho intramolecular Hbond substituents is 1. The van der Waals surface area contributed by atoms with Gasteiger partial charge in [-0.3, -0.25) is 4.79 Å². The lowest BCUT2D eigenvalue weighted by molar-refractivity contribution is -0.152. The smallest absolute Gasteiger partial charge is 0.449 e. The molecule has 2 aromatic rings. The maximum atomic E-state index is 13.4. The van der Waals surface area contributed by atoms with Gasteiger partial charge in [-0.25, -0.2) is 4.39 Å². The van der Waals surface area contributed by atoms with Gasteiger partial charge in [0.05, 0.1) is 0 Å². The molecule has 0 aliphatic heterocycles. The normalized spacial score (nSPS) is 12.1. The lowest BCUT2D eigenvalue weighted by Gasteiger charge is -2.09. The van der Waals surface area contributed by atoms with Crippen LogP contribution in [0.1, 0.15) is 11.3 Å². The molecule has 0 saturated carbocycles. The number of benzene rings is 1. The molecule has 0 aliphatic carbocycles. The maximum Gasteiger partial charge on any atom is 0.449 e. The van der Waals surface area contributed by atoms with Crippen molar-refractivity contribution < 1.29 is 27.1 Å². The summed E-state index contributed by atoms with van der Waals surface area (Å²) >= 11 is 0. The van der Waals surface area contributed by atoms with E-state index < -0.39 is 39.9 Å². The lowest BCUT2D eigenvalue weighted by atomic mass is 10.1. The molecule has 1 heterocycles. The van der Waals surface area contributed by atoms with Crippen LogP contribution in [0.3, 0.4) is 0 Å². The monoisotopic (exact) mass is 262 g/mol. The summed E-state index contributed by atoms with van der Waals surface area (Å²) in [7, 11) is 0. The number of aromatic hydroxyl groups is 1. The molecule has 0 saturated heterocycles. The zero-order valence-corrected chi connectivity index (χ0v) is 8.93. The predicted octanol–water partition coefficient (Wildman–Crippen LogP) is 2.96. The first-order chi connectivity index (χ1) is 8.21. The molecule has 96 valence electrons. The Balaban J connectivity index is 2.97. The Kier molecular flexibility index (Phi) is 2.57. The Bertz CT molecular complexity index is 685. The third kappa shape index (κ3) is 1.81. The molecule has 1 N–H and O–H groups in total. The predicted molar refractivity (Wildman–Crippen MR) is 53.8 cm³/mol. The summed E-state index contributed by atoms with van der Waals surface area (Å²) < 4.78 is 55.2. The highest BCUT2D eigenvalue weighted by atomic mass is 19.4. The standard InChI is InChI=1S/C11H6F4O3/c1-4-6(16)2-5(12)9-7(17)3-8(11(13,14)15)18-10(4)9/h2-3,16H,1H3. The highest BCUT2D eigenvalue weighted by Crippen LogP contribution is 2.33. The van der Waals surface area contributed by atoms with Crippen molar-refractivity contribution in [3.63, 3.8) is 0 Å². The number of halogens is 4. The van der Waals surface area contributed by atoms with Gasteiger partial charge in [0.15, 0.2) is 5.43 Å². The van der Waals surface area contributed by atoms with E-state index in [2.05, 4.69) is 4.42 Å². The van der Waals surface area contributed by atoms with Crippen LogP contribution in [0.15, 0.2) is 21.3 Å². The molecule has 0 atom stereocenters. The van der Waals surface area contributed by atoms with E-state index in [4.69, 9.17) is 0 Å². The summed E-state index contributed by atoms with van der Waals surface area (Å²) in [6, 6.07) is 0.837. The Labute approximate surface area is 97.3 Å². The third-order valence-corrected chi connectivity index (χ3v) is 2.45. The van der Waals surface area contributed by atoms with E-state index in [1.54, 1.807) is 0 Å². The van der Waals surface area contributed by atoms with Crippen LogP contribution in [-0.2, 0) is 6.18 Å². The summed E-state index contributed by atoms with van der Waals surface area (Å²) in [5.74, 6) is -3.24. The average molecular weight is 262 g/mol. The van der Waals surface area contributed by atoms with Crippen molar-refractivity contribution in [2.45, 2.75) is 13.1 Å². The number of alkyl halides is 3. The number of hydrogen-bond acceptors (Lipinski definition) is 3. The Hall–Kier alpha value is -2.05. The van der Waals surface area contributed by atoms with E-state index in [0.717, 1.165) is 0 Å². The van der Waals surface area contributed by atoms with Gasteiger partial charge in [-0.05, 0) is 6.92 Å². The first-order valence-corrected chi connectivity index (χ1v) is 4.75. The van der Waals surface area contributed by atoms with Crippen molar-refractivity contribution in [2.75, 3.05) is 0 Å². The van der Waals surface area contributed by atoms with Crippen molar-refractivity contribution in [1.82, 2.24) is 0 Å². The average Bonchev–Trinajstić information content (AvgIpc) is 2.23. The first kappa shape index (κ1) is 12.4. The molecule has 0 amide bonds. The molecule has 0 radical (unpaired) electrons. The van der Waals surface area contributed by atoms with Crippen LogP contribution in [0, 0.1) is 12.7 Å². The molecule has 0 spiro atoms. The van der Waals surface area contributed by atoms with Crippen LogP contribution in [0.4, 0.5) is 17.6 Å². The quantitative estimate of drug-likeness (QED) is 0.742. The third-order valence-electron chi connectivity index (χ3n) is 2.45. The molecular formula is C11H6F4O3. The minimum absolute atomic E-state index is 0.130. The fourth-order valence-electron chi connectivity index (χ4n) is 1.54. The topological polar surface area (TPSA) is 50.4 Å². The largest absolute Gasteiger partial charge is 0.507 e. The van der Waals surface area contributed by atoms with Gasteiger partial charge in [0.2, 0.25) is 5.76 Å². The molecule has 18 heavy (non-hydrogen) atoms. The fraction of sp³-hybridized carbons (Fsp3) is 0.182. The van der Waals surface area contributed by atoms with Gasteiger partial charge < -0.3 is 9.52 Å². The van der Waals surface area contributed by atoms with Crippen LogP contribution < -0.4 is 5.43 Å². The highest BCUT2D eigenvalue weighted by molar-refractivity contribution is 5.82. The lowest BCUT2D eigenvalue weighted by Crippen LogP contribution is -2.12. The molecule has 0 fully saturated rings. The van der Waals surface area contributed by atoms with E-state index in [-0.39, 0.29) is 11.6 Å². The fourth-order valence-corrected chi connectivity index (χ4v) is 1.54. The number of rotatable bonds is 0. The molecule has 2 rings (SSSR count). The van der Waals surface area contributed by atoms with Crippen molar-refractivity contribution in [1.29, 1.82) is 0 Å². The van der Waals surface area contributed by atoms with E-state index in [9.17, 15) is 27.5 Å². The van der Waals surface area contributed by atoms with Crippen LogP contribution in [-0.4, -0.2) is 5.11 Å². The Morgan fingerprint density at radius 3 is 2.44 bits per heavy atom. The molecule has 0 aliphatic rings. The van der Waals surface area contributed by atoms with E-state index in [1.165, 1.54) is 6.92 Å². The van der Waals surface area contributed by atoms with Gasteiger partial charge in [0, 0.05) is 17.7 Å². The molecular weight excluding hydrogens is 256 g/mol. The summed E-state index contributed by atoms with van der Waals surface area (Å²) in [6.45, 7) is 1.22. The first-order valence-electron chi connectivity index (χ1n) is 4.75. The van der Waals surface area contributed by atoms with Gasteiger partial charge in [0.1, 0.15) is 22.5 Å². The van der Waals surface area contributed by atoms with Crippen LogP contribution in [0.5, 0.6) is 5.75 Å². The van der Waals surface area contributed by atoms with Crippen LogP contribution in [0.2, 0.25) is 0 Å². The molecule has 3 nitrogen and oxygen atoms in total. The molecule has 1 aromatic heterocycles. The molecule has 1 aromatic carbocycles. The number of aryl methyl sites for hydroxylation is 1. The molecule has 7 heteroatoms. The van der Waals surface area contributed by atoms with Gasteiger partial charge in [-0.1, -0.05) is 0 Å². The van der Waals surface area contributed by atoms with E-state index >= 15 is 0 Å². The Morgan fingerprint density at radius 1 is 1.28 bits per heavy atom. The minimum atomic E-state index is -4.86. The van der Waals surface area contributed by atoms with Crippen molar-refractivity contribution in [2.24, 2.45) is 0 Å². The van der Waals surface area contributed by atoms with Crippen molar-refractivity contribution in [3.8, 4) is 5.75 Å². The summed E-state index contributed by atoms with van der Waals surface area (Å²) in [5.41, 5.74) is -1.88. The van der Waals surface area contributed by atoms with Gasteiger partial charge >= 0.3 is 6.18 Å². The SMILES string of the molecule is Cc1c(O)cc(F)c2c(=O)cc(C(F)(F)F)oc12. The van der Waals surface area contributed by atoms with E-state index in [1.807, 2.05) is 0 Å². The van der Waals surface area contributed by atoms with Gasteiger partial charge in [-0.2, -0.15) is 13.2 Å². The summed E-state index contributed by atoms with van der Waals surface area (Å²) in [6.07, 6.45) is -4.86. The molecule has 0 bridgehead atoms. The zero-order chi connectivity index (χ0) is 13.7. The van der Waals surface area contributed by atoms with Crippen LogP contribution >= 0.6 is 0 Å². The second kappa shape index (κ2) is 3.72. The maximum absolute atomic E-state index is 13.4. The summed E-state index contributed by atoms with van der Waals surface area (Å²) in [5, 5.41) is 8.69. The van der Waals surface area contributed by atoms with Crippen molar-refractivity contribution in [3.05, 3.63) is 39.5 Å². The zero-order valence-electron chi connectivity index (χ0n) is 8.93. The van der Waals surface area contributed by atoms with E-state index in [0.29, 0.717) is 6.07 Å². The minimum Gasteiger partial charge on any atom is -0.507 e.